The fraction of sp³-hybridized carbons (Fsp3) is 0.318. The Morgan fingerprint density at radius 2 is 1.86 bits per heavy atom. The van der Waals surface area contributed by atoms with Gasteiger partial charge in [-0.05, 0) is 49.1 Å². The minimum Gasteiger partial charge on any atom is -0.325 e. The van der Waals surface area contributed by atoms with E-state index in [9.17, 15) is 9.59 Å². The second-order valence-electron chi connectivity index (χ2n) is 6.73. The standard InChI is InChI=1S/C22H25N3O2S/c1-4-15(3)16-10-12-17(13-11-16)23-20(26)14-28-22-24-19-9-7-6-8-18(19)21(27)25(22)5-2/h6-13,15H,4-5,14H2,1-3H3,(H,23,26)/t15-/m0/s1. The zero-order valence-electron chi connectivity index (χ0n) is 16.4. The van der Waals surface area contributed by atoms with Crippen molar-refractivity contribution < 1.29 is 4.79 Å². The smallest absolute Gasteiger partial charge is 0.262 e. The molecule has 1 heterocycles. The van der Waals surface area contributed by atoms with Crippen molar-refractivity contribution >= 4 is 34.3 Å². The van der Waals surface area contributed by atoms with Crippen LogP contribution in [0, 0.1) is 0 Å². The lowest BCUT2D eigenvalue weighted by atomic mass is 9.99. The maximum absolute atomic E-state index is 12.6. The summed E-state index contributed by atoms with van der Waals surface area (Å²) in [6, 6.07) is 15.3. The van der Waals surface area contributed by atoms with Gasteiger partial charge in [0.05, 0.1) is 16.7 Å². The van der Waals surface area contributed by atoms with Gasteiger partial charge in [0.2, 0.25) is 5.91 Å². The Morgan fingerprint density at radius 3 is 2.54 bits per heavy atom. The van der Waals surface area contributed by atoms with Crippen LogP contribution < -0.4 is 10.9 Å². The Balaban J connectivity index is 1.70. The molecular formula is C22H25N3O2S. The van der Waals surface area contributed by atoms with Gasteiger partial charge < -0.3 is 5.32 Å². The average Bonchev–Trinajstić information content (AvgIpc) is 2.72. The largest absolute Gasteiger partial charge is 0.325 e. The summed E-state index contributed by atoms with van der Waals surface area (Å²) in [5.74, 6) is 0.578. The molecule has 0 bridgehead atoms. The summed E-state index contributed by atoms with van der Waals surface area (Å²) in [7, 11) is 0. The molecule has 1 amide bonds. The molecule has 0 aliphatic heterocycles. The molecule has 0 fully saturated rings. The molecule has 146 valence electrons. The molecule has 28 heavy (non-hydrogen) atoms. The van der Waals surface area contributed by atoms with E-state index in [1.54, 1.807) is 10.6 Å². The Bertz CT molecular complexity index is 1030. The molecule has 0 aliphatic rings. The molecule has 2 aromatic carbocycles. The lowest BCUT2D eigenvalue weighted by molar-refractivity contribution is -0.113. The van der Waals surface area contributed by atoms with Crippen LogP contribution in [0.25, 0.3) is 10.9 Å². The quantitative estimate of drug-likeness (QED) is 0.467. The Morgan fingerprint density at radius 1 is 1.14 bits per heavy atom. The molecule has 6 heteroatoms. The topological polar surface area (TPSA) is 64.0 Å². The third-order valence-electron chi connectivity index (χ3n) is 4.85. The molecule has 3 rings (SSSR count). The number of benzene rings is 2. The van der Waals surface area contributed by atoms with Crippen molar-refractivity contribution in [2.24, 2.45) is 0 Å². The lowest BCUT2D eigenvalue weighted by Gasteiger charge is -2.12. The first-order chi connectivity index (χ1) is 13.5. The number of fused-ring (bicyclic) bond motifs is 1. The Labute approximate surface area is 169 Å². The first kappa shape index (κ1) is 20.1. The van der Waals surface area contributed by atoms with Crippen LogP contribution in [0.5, 0.6) is 0 Å². The molecule has 0 spiro atoms. The number of hydrogen-bond donors (Lipinski definition) is 1. The minimum absolute atomic E-state index is 0.0726. The number of carbonyl (C=O) groups excluding carboxylic acids is 1. The van der Waals surface area contributed by atoms with Crippen LogP contribution in [-0.4, -0.2) is 21.2 Å². The van der Waals surface area contributed by atoms with Gasteiger partial charge in [-0.1, -0.05) is 49.9 Å². The number of rotatable bonds is 7. The van der Waals surface area contributed by atoms with Gasteiger partial charge >= 0.3 is 0 Å². The summed E-state index contributed by atoms with van der Waals surface area (Å²) >= 11 is 1.28. The van der Waals surface area contributed by atoms with E-state index >= 15 is 0 Å². The van der Waals surface area contributed by atoms with E-state index in [-0.39, 0.29) is 17.2 Å². The molecular weight excluding hydrogens is 370 g/mol. The van der Waals surface area contributed by atoms with Crippen molar-refractivity contribution in [2.75, 3.05) is 11.1 Å². The Kier molecular flexibility index (Phi) is 6.52. The number of hydrogen-bond acceptors (Lipinski definition) is 4. The molecule has 5 nitrogen and oxygen atoms in total. The van der Waals surface area contributed by atoms with Gasteiger partial charge in [0.15, 0.2) is 5.16 Å². The van der Waals surface area contributed by atoms with Crippen LogP contribution in [0.15, 0.2) is 58.5 Å². The highest BCUT2D eigenvalue weighted by Gasteiger charge is 2.12. The number of aromatic nitrogens is 2. The molecule has 0 saturated heterocycles. The molecule has 1 N–H and O–H groups in total. The van der Waals surface area contributed by atoms with E-state index in [2.05, 4.69) is 36.3 Å². The van der Waals surface area contributed by atoms with Gasteiger partial charge in [0.1, 0.15) is 0 Å². The van der Waals surface area contributed by atoms with Crippen molar-refractivity contribution in [1.29, 1.82) is 0 Å². The molecule has 0 aliphatic carbocycles. The summed E-state index contributed by atoms with van der Waals surface area (Å²) in [5.41, 5.74) is 2.62. The van der Waals surface area contributed by atoms with E-state index in [1.807, 2.05) is 37.3 Å². The summed E-state index contributed by atoms with van der Waals surface area (Å²) in [6.45, 7) is 6.76. The van der Waals surface area contributed by atoms with Gasteiger partial charge in [-0.15, -0.1) is 0 Å². The fourth-order valence-corrected chi connectivity index (χ4v) is 3.86. The maximum atomic E-state index is 12.6. The number of amides is 1. The summed E-state index contributed by atoms with van der Waals surface area (Å²) < 4.78 is 1.61. The Hall–Kier alpha value is -2.60. The van der Waals surface area contributed by atoms with Crippen LogP contribution in [0.2, 0.25) is 0 Å². The van der Waals surface area contributed by atoms with Crippen LogP contribution in [0.3, 0.4) is 0 Å². The molecule has 0 saturated carbocycles. The van der Waals surface area contributed by atoms with E-state index < -0.39 is 0 Å². The van der Waals surface area contributed by atoms with Crippen LogP contribution in [-0.2, 0) is 11.3 Å². The number of nitrogens with one attached hydrogen (secondary N) is 1. The van der Waals surface area contributed by atoms with E-state index in [0.29, 0.717) is 28.5 Å². The van der Waals surface area contributed by atoms with Crippen LogP contribution in [0.4, 0.5) is 5.69 Å². The second-order valence-corrected chi connectivity index (χ2v) is 7.67. The zero-order chi connectivity index (χ0) is 20.1. The zero-order valence-corrected chi connectivity index (χ0v) is 17.3. The van der Waals surface area contributed by atoms with Crippen molar-refractivity contribution in [3.63, 3.8) is 0 Å². The van der Waals surface area contributed by atoms with Crippen LogP contribution in [0.1, 0.15) is 38.7 Å². The molecule has 1 atom stereocenters. The molecule has 0 radical (unpaired) electrons. The van der Waals surface area contributed by atoms with Gasteiger partial charge in [0.25, 0.3) is 5.56 Å². The number of anilines is 1. The predicted molar refractivity (Wildman–Crippen MR) is 116 cm³/mol. The normalized spacial score (nSPS) is 12.1. The number of nitrogens with zero attached hydrogens (tertiary/aromatic N) is 2. The van der Waals surface area contributed by atoms with E-state index in [0.717, 1.165) is 12.1 Å². The first-order valence-electron chi connectivity index (χ1n) is 9.55. The second kappa shape index (κ2) is 9.06. The van der Waals surface area contributed by atoms with E-state index in [1.165, 1.54) is 17.3 Å². The third kappa shape index (κ3) is 4.44. The highest BCUT2D eigenvalue weighted by atomic mass is 32.2. The molecule has 0 unspecified atom stereocenters. The summed E-state index contributed by atoms with van der Waals surface area (Å²) in [6.07, 6.45) is 1.08. The molecule has 3 aromatic rings. The van der Waals surface area contributed by atoms with Gasteiger partial charge in [-0.3, -0.25) is 14.2 Å². The SMILES string of the molecule is CC[C@H](C)c1ccc(NC(=O)CSc2nc3ccccc3c(=O)n2CC)cc1. The highest BCUT2D eigenvalue weighted by Crippen LogP contribution is 2.21. The third-order valence-corrected chi connectivity index (χ3v) is 5.83. The first-order valence-corrected chi connectivity index (χ1v) is 10.5. The van der Waals surface area contributed by atoms with Crippen LogP contribution >= 0.6 is 11.8 Å². The monoisotopic (exact) mass is 395 g/mol. The molecule has 1 aromatic heterocycles. The van der Waals surface area contributed by atoms with Crippen molar-refractivity contribution in [1.82, 2.24) is 9.55 Å². The predicted octanol–water partition coefficient (Wildman–Crippen LogP) is 4.66. The maximum Gasteiger partial charge on any atom is 0.262 e. The highest BCUT2D eigenvalue weighted by molar-refractivity contribution is 7.99. The van der Waals surface area contributed by atoms with Crippen molar-refractivity contribution in [3.8, 4) is 0 Å². The summed E-state index contributed by atoms with van der Waals surface area (Å²) in [5, 5.41) is 4.07. The average molecular weight is 396 g/mol. The van der Waals surface area contributed by atoms with E-state index in [4.69, 9.17) is 0 Å². The van der Waals surface area contributed by atoms with Crippen molar-refractivity contribution in [3.05, 3.63) is 64.4 Å². The summed E-state index contributed by atoms with van der Waals surface area (Å²) in [4.78, 5) is 29.6. The minimum atomic E-state index is -0.119. The van der Waals surface area contributed by atoms with Gasteiger partial charge in [-0.2, -0.15) is 0 Å². The van der Waals surface area contributed by atoms with Gasteiger partial charge in [0, 0.05) is 12.2 Å². The lowest BCUT2D eigenvalue weighted by Crippen LogP contribution is -2.23. The number of para-hydroxylation sites is 1. The number of carbonyl (C=O) groups is 1. The number of thioether (sulfide) groups is 1. The van der Waals surface area contributed by atoms with Gasteiger partial charge in [-0.25, -0.2) is 4.98 Å². The van der Waals surface area contributed by atoms with Crippen molar-refractivity contribution in [2.45, 2.75) is 44.8 Å². The fourth-order valence-electron chi connectivity index (χ4n) is 2.99.